The van der Waals surface area contributed by atoms with Gasteiger partial charge in [-0.05, 0) is 96.7 Å². The third kappa shape index (κ3) is 42.3. The van der Waals surface area contributed by atoms with Gasteiger partial charge in [0.2, 0.25) is 5.91 Å². The number of hydrogen-bond donors (Lipinski definition) is 2. The summed E-state index contributed by atoms with van der Waals surface area (Å²) >= 11 is 0. The normalized spacial score (nSPS) is 12.2. The molecule has 0 spiro atoms. The molecule has 1 unspecified atom stereocenters. The van der Waals surface area contributed by atoms with Crippen LogP contribution in [0.3, 0.4) is 0 Å². The van der Waals surface area contributed by atoms with Crippen LogP contribution in [-0.4, -0.2) is 67.1 Å². The number of aliphatic hydroxyl groups is 1. The van der Waals surface area contributed by atoms with E-state index in [1.165, 1.54) is 154 Å². The summed E-state index contributed by atoms with van der Waals surface area (Å²) in [5, 5.41) is 13.1. The van der Waals surface area contributed by atoms with E-state index in [0.29, 0.717) is 13.0 Å². The van der Waals surface area contributed by atoms with E-state index in [0.717, 1.165) is 90.4 Å². The Labute approximate surface area is 343 Å². The average molecular weight is 781 g/mol. The minimum atomic E-state index is -0.603. The van der Waals surface area contributed by atoms with Crippen molar-refractivity contribution in [2.45, 2.75) is 265 Å². The fraction of sp³-hybridized carbons (Fsp3) is 0.958. The Morgan fingerprint density at radius 2 is 0.909 bits per heavy atom. The molecule has 2 N–H and O–H groups in total. The number of ether oxygens (including phenoxy) is 2. The SMILES string of the molecule is CCCCCCCCCOC(O)CCCCCCCN(CCCCCCCC(=O)OC(CCCCCCCC)CCCCCCCC)CCCCNC(C)=O. The van der Waals surface area contributed by atoms with Crippen LogP contribution in [0, 0.1) is 0 Å². The molecule has 0 aliphatic carbocycles. The maximum absolute atomic E-state index is 12.8. The molecule has 0 heterocycles. The molecule has 0 rings (SSSR count). The average Bonchev–Trinajstić information content (AvgIpc) is 3.16. The van der Waals surface area contributed by atoms with Gasteiger partial charge < -0.3 is 24.8 Å². The molecule has 0 bridgehead atoms. The molecule has 7 heteroatoms. The fourth-order valence-corrected chi connectivity index (χ4v) is 7.55. The van der Waals surface area contributed by atoms with Gasteiger partial charge in [-0.25, -0.2) is 0 Å². The van der Waals surface area contributed by atoms with E-state index in [4.69, 9.17) is 9.47 Å². The Morgan fingerprint density at radius 3 is 1.40 bits per heavy atom. The first-order chi connectivity index (χ1) is 26.9. The molecule has 0 aliphatic rings. The third-order valence-electron chi connectivity index (χ3n) is 11.2. The Hall–Kier alpha value is -1.18. The topological polar surface area (TPSA) is 88.1 Å². The summed E-state index contributed by atoms with van der Waals surface area (Å²) < 4.78 is 11.7. The Morgan fingerprint density at radius 1 is 0.509 bits per heavy atom. The van der Waals surface area contributed by atoms with Gasteiger partial charge in [-0.1, -0.05) is 162 Å². The molecular weight excluding hydrogens is 685 g/mol. The van der Waals surface area contributed by atoms with Crippen molar-refractivity contribution in [2.75, 3.05) is 32.8 Å². The van der Waals surface area contributed by atoms with E-state index >= 15 is 0 Å². The number of carbonyl (C=O) groups excluding carboxylic acids is 2. The van der Waals surface area contributed by atoms with Crippen molar-refractivity contribution in [3.63, 3.8) is 0 Å². The number of esters is 1. The summed E-state index contributed by atoms with van der Waals surface area (Å²) in [6.07, 6.45) is 40.8. The lowest BCUT2D eigenvalue weighted by molar-refractivity contribution is -0.150. The zero-order valence-corrected chi connectivity index (χ0v) is 37.5. The molecule has 0 radical (unpaired) electrons. The third-order valence-corrected chi connectivity index (χ3v) is 11.2. The number of aliphatic hydroxyl groups excluding tert-OH is 1. The molecule has 0 aliphatic heterocycles. The molecule has 0 fully saturated rings. The summed E-state index contributed by atoms with van der Waals surface area (Å²) in [7, 11) is 0. The van der Waals surface area contributed by atoms with Gasteiger partial charge in [0, 0.05) is 26.5 Å². The Bertz CT molecular complexity index is 780. The molecule has 55 heavy (non-hydrogen) atoms. The predicted molar refractivity (Wildman–Crippen MR) is 236 cm³/mol. The number of unbranched alkanes of at least 4 members (excludes halogenated alkanes) is 25. The second-order valence-electron chi connectivity index (χ2n) is 16.8. The molecular formula is C48H96N2O5. The summed E-state index contributed by atoms with van der Waals surface area (Å²) in [6, 6.07) is 0. The zero-order chi connectivity index (χ0) is 40.3. The highest BCUT2D eigenvalue weighted by Gasteiger charge is 2.14. The summed E-state index contributed by atoms with van der Waals surface area (Å²) in [6.45, 7) is 13.2. The lowest BCUT2D eigenvalue weighted by Crippen LogP contribution is -2.28. The van der Waals surface area contributed by atoms with Gasteiger partial charge in [0.25, 0.3) is 0 Å². The quantitative estimate of drug-likeness (QED) is 0.0363. The highest BCUT2D eigenvalue weighted by atomic mass is 16.6. The van der Waals surface area contributed by atoms with Crippen LogP contribution in [0.4, 0.5) is 0 Å². The summed E-state index contributed by atoms with van der Waals surface area (Å²) in [5.74, 6) is 0.0780. The van der Waals surface area contributed by atoms with Crippen molar-refractivity contribution in [1.82, 2.24) is 10.2 Å². The van der Waals surface area contributed by atoms with Crippen molar-refractivity contribution < 1.29 is 24.2 Å². The van der Waals surface area contributed by atoms with Crippen LogP contribution in [0.25, 0.3) is 0 Å². The number of carbonyl (C=O) groups is 2. The van der Waals surface area contributed by atoms with Crippen LogP contribution in [0.5, 0.6) is 0 Å². The van der Waals surface area contributed by atoms with E-state index in [9.17, 15) is 14.7 Å². The Kier molecular flexibility index (Phi) is 43.0. The van der Waals surface area contributed by atoms with E-state index in [1.807, 2.05) is 0 Å². The lowest BCUT2D eigenvalue weighted by Gasteiger charge is -2.22. The first kappa shape index (κ1) is 53.8. The van der Waals surface area contributed by atoms with Crippen molar-refractivity contribution in [3.05, 3.63) is 0 Å². The highest BCUT2D eigenvalue weighted by molar-refractivity contribution is 5.72. The monoisotopic (exact) mass is 781 g/mol. The van der Waals surface area contributed by atoms with Crippen LogP contribution in [-0.2, 0) is 19.1 Å². The van der Waals surface area contributed by atoms with E-state index in [-0.39, 0.29) is 18.0 Å². The molecule has 1 amide bonds. The number of rotatable bonds is 45. The maximum Gasteiger partial charge on any atom is 0.306 e. The standard InChI is InChI=1S/C48H96N2O5/c1-5-8-11-14-17-26-35-44-54-47(52)38-29-22-18-24-32-41-50(43-34-31-40-49-45(4)51)42-33-25-19-23-30-39-48(53)55-46(36-27-20-15-12-9-6-2)37-28-21-16-13-10-7-3/h46-47,52H,5-44H2,1-4H3,(H,49,51). The smallest absolute Gasteiger partial charge is 0.306 e. The number of amides is 1. The first-order valence-corrected chi connectivity index (χ1v) is 24.4. The molecule has 328 valence electrons. The summed E-state index contributed by atoms with van der Waals surface area (Å²) in [5.41, 5.74) is 0. The minimum absolute atomic E-state index is 0.0238. The predicted octanol–water partition coefficient (Wildman–Crippen LogP) is 13.4. The highest BCUT2D eigenvalue weighted by Crippen LogP contribution is 2.19. The van der Waals surface area contributed by atoms with E-state index in [1.54, 1.807) is 6.92 Å². The lowest BCUT2D eigenvalue weighted by atomic mass is 10.0. The first-order valence-electron chi connectivity index (χ1n) is 24.4. The molecule has 7 nitrogen and oxygen atoms in total. The van der Waals surface area contributed by atoms with Gasteiger partial charge in [0.1, 0.15) is 6.10 Å². The van der Waals surface area contributed by atoms with Crippen molar-refractivity contribution in [2.24, 2.45) is 0 Å². The van der Waals surface area contributed by atoms with Gasteiger partial charge in [0.15, 0.2) is 6.29 Å². The molecule has 0 aromatic rings. The minimum Gasteiger partial charge on any atom is -0.462 e. The van der Waals surface area contributed by atoms with Gasteiger partial charge in [-0.15, -0.1) is 0 Å². The number of nitrogens with one attached hydrogen (secondary N) is 1. The van der Waals surface area contributed by atoms with Gasteiger partial charge in [0.05, 0.1) is 0 Å². The van der Waals surface area contributed by atoms with Crippen LogP contribution in [0.1, 0.15) is 252 Å². The van der Waals surface area contributed by atoms with Crippen LogP contribution in [0.15, 0.2) is 0 Å². The van der Waals surface area contributed by atoms with E-state index in [2.05, 4.69) is 31.0 Å². The van der Waals surface area contributed by atoms with Crippen molar-refractivity contribution >= 4 is 11.9 Å². The summed E-state index contributed by atoms with van der Waals surface area (Å²) in [4.78, 5) is 26.7. The Balaban J connectivity index is 4.27. The second-order valence-corrected chi connectivity index (χ2v) is 16.8. The van der Waals surface area contributed by atoms with Crippen molar-refractivity contribution in [1.29, 1.82) is 0 Å². The van der Waals surface area contributed by atoms with Gasteiger partial charge >= 0.3 is 5.97 Å². The largest absolute Gasteiger partial charge is 0.462 e. The molecule has 1 atom stereocenters. The zero-order valence-electron chi connectivity index (χ0n) is 37.5. The van der Waals surface area contributed by atoms with Crippen molar-refractivity contribution in [3.8, 4) is 0 Å². The molecule has 0 saturated carbocycles. The van der Waals surface area contributed by atoms with Crippen LogP contribution in [0.2, 0.25) is 0 Å². The number of nitrogens with zero attached hydrogens (tertiary/aromatic N) is 1. The fourth-order valence-electron chi connectivity index (χ4n) is 7.55. The molecule has 0 saturated heterocycles. The van der Waals surface area contributed by atoms with Gasteiger partial charge in [-0.2, -0.15) is 0 Å². The van der Waals surface area contributed by atoms with E-state index < -0.39 is 6.29 Å². The maximum atomic E-state index is 12.8. The second kappa shape index (κ2) is 43.9. The van der Waals surface area contributed by atoms with Gasteiger partial charge in [-0.3, -0.25) is 9.59 Å². The van der Waals surface area contributed by atoms with Crippen LogP contribution >= 0.6 is 0 Å². The number of hydrogen-bond acceptors (Lipinski definition) is 6. The molecule has 0 aromatic heterocycles. The van der Waals surface area contributed by atoms with Crippen LogP contribution < -0.4 is 5.32 Å². The molecule has 0 aromatic carbocycles.